The van der Waals surface area contributed by atoms with Gasteiger partial charge < -0.3 is 9.64 Å². The first-order valence-electron chi connectivity index (χ1n) is 5.79. The molecule has 0 saturated carbocycles. The summed E-state index contributed by atoms with van der Waals surface area (Å²) >= 11 is 0. The van der Waals surface area contributed by atoms with Crippen molar-refractivity contribution in [2.24, 2.45) is 5.92 Å². The Labute approximate surface area is 104 Å². The first-order valence-corrected chi connectivity index (χ1v) is 5.79. The highest BCUT2D eigenvalue weighted by atomic mass is 19.4. The van der Waals surface area contributed by atoms with E-state index in [4.69, 9.17) is 4.74 Å². The largest absolute Gasteiger partial charge is 0.419 e. The SMILES string of the molecule is CN(C[C@H]1CCOC1)c1ncccc1C(F)(F)F. The van der Waals surface area contributed by atoms with Gasteiger partial charge in [-0.1, -0.05) is 0 Å². The number of ether oxygens (including phenoxy) is 1. The summed E-state index contributed by atoms with van der Waals surface area (Å²) in [5.41, 5.74) is -0.689. The Balaban J connectivity index is 2.16. The molecule has 1 aromatic heterocycles. The summed E-state index contributed by atoms with van der Waals surface area (Å²) in [5.74, 6) is 0.259. The van der Waals surface area contributed by atoms with Crippen LogP contribution in [0.1, 0.15) is 12.0 Å². The van der Waals surface area contributed by atoms with Crippen LogP contribution < -0.4 is 4.90 Å². The molecule has 1 aliphatic rings. The van der Waals surface area contributed by atoms with Crippen molar-refractivity contribution in [3.05, 3.63) is 23.9 Å². The number of halogens is 3. The van der Waals surface area contributed by atoms with Gasteiger partial charge in [-0.15, -0.1) is 0 Å². The van der Waals surface area contributed by atoms with Crippen LogP contribution in [-0.2, 0) is 10.9 Å². The van der Waals surface area contributed by atoms with Gasteiger partial charge >= 0.3 is 6.18 Å². The maximum Gasteiger partial charge on any atom is 0.419 e. The van der Waals surface area contributed by atoms with E-state index in [1.165, 1.54) is 12.3 Å². The van der Waals surface area contributed by atoms with Gasteiger partial charge in [0.05, 0.1) is 12.2 Å². The molecule has 0 unspecified atom stereocenters. The van der Waals surface area contributed by atoms with Crippen LogP contribution in [0.2, 0.25) is 0 Å². The van der Waals surface area contributed by atoms with E-state index in [1.807, 2.05) is 0 Å². The molecule has 18 heavy (non-hydrogen) atoms. The van der Waals surface area contributed by atoms with E-state index in [0.717, 1.165) is 12.5 Å². The van der Waals surface area contributed by atoms with Crippen LogP contribution in [0.5, 0.6) is 0 Å². The topological polar surface area (TPSA) is 25.4 Å². The average Bonchev–Trinajstić information content (AvgIpc) is 2.80. The molecule has 1 saturated heterocycles. The Morgan fingerprint density at radius 1 is 1.50 bits per heavy atom. The minimum absolute atomic E-state index is 0.0168. The Morgan fingerprint density at radius 2 is 2.28 bits per heavy atom. The molecule has 0 amide bonds. The molecule has 0 aliphatic carbocycles. The molecule has 1 aromatic rings. The first kappa shape index (κ1) is 13.1. The molecule has 0 spiro atoms. The van der Waals surface area contributed by atoms with E-state index in [-0.39, 0.29) is 11.7 Å². The number of anilines is 1. The minimum Gasteiger partial charge on any atom is -0.381 e. The van der Waals surface area contributed by atoms with Gasteiger partial charge in [-0.25, -0.2) is 4.98 Å². The molecule has 2 rings (SSSR count). The standard InChI is InChI=1S/C12H15F3N2O/c1-17(7-9-4-6-18-8-9)11-10(12(13,14)15)3-2-5-16-11/h2-3,5,9H,4,6-8H2,1H3/t9-/m1/s1. The van der Waals surface area contributed by atoms with Gasteiger partial charge in [0, 0.05) is 32.3 Å². The fourth-order valence-electron chi connectivity index (χ4n) is 2.12. The lowest BCUT2D eigenvalue weighted by Gasteiger charge is -2.24. The van der Waals surface area contributed by atoms with Gasteiger partial charge in [0.25, 0.3) is 0 Å². The maximum atomic E-state index is 12.8. The molecule has 6 heteroatoms. The van der Waals surface area contributed by atoms with Crippen molar-refractivity contribution >= 4 is 5.82 Å². The Bertz CT molecular complexity index is 403. The van der Waals surface area contributed by atoms with Crippen LogP contribution in [-0.4, -0.2) is 31.8 Å². The molecule has 0 aromatic carbocycles. The van der Waals surface area contributed by atoms with Crippen molar-refractivity contribution in [1.29, 1.82) is 0 Å². The lowest BCUT2D eigenvalue weighted by Crippen LogP contribution is -2.28. The van der Waals surface area contributed by atoms with Crippen LogP contribution in [0.15, 0.2) is 18.3 Å². The van der Waals surface area contributed by atoms with E-state index in [9.17, 15) is 13.2 Å². The van der Waals surface area contributed by atoms with Crippen LogP contribution in [0.3, 0.4) is 0 Å². The predicted octanol–water partition coefficient (Wildman–Crippen LogP) is 2.57. The summed E-state index contributed by atoms with van der Waals surface area (Å²) in [7, 11) is 1.63. The van der Waals surface area contributed by atoms with Crippen molar-refractivity contribution in [1.82, 2.24) is 4.98 Å². The zero-order valence-electron chi connectivity index (χ0n) is 10.1. The van der Waals surface area contributed by atoms with Gasteiger partial charge in [-0.3, -0.25) is 0 Å². The van der Waals surface area contributed by atoms with Crippen molar-refractivity contribution < 1.29 is 17.9 Å². The third-order valence-electron chi connectivity index (χ3n) is 3.01. The number of hydrogen-bond acceptors (Lipinski definition) is 3. The quantitative estimate of drug-likeness (QED) is 0.835. The van der Waals surface area contributed by atoms with Gasteiger partial charge in [-0.05, 0) is 18.6 Å². The summed E-state index contributed by atoms with van der Waals surface area (Å²) < 4.78 is 43.7. The number of alkyl halides is 3. The van der Waals surface area contributed by atoms with Crippen LogP contribution in [0.25, 0.3) is 0 Å². The molecule has 0 radical (unpaired) electrons. The molecule has 1 fully saturated rings. The molecule has 1 aliphatic heterocycles. The monoisotopic (exact) mass is 260 g/mol. The molecule has 1 atom stereocenters. The lowest BCUT2D eigenvalue weighted by molar-refractivity contribution is -0.137. The molecule has 0 N–H and O–H groups in total. The minimum atomic E-state index is -4.37. The summed E-state index contributed by atoms with van der Waals surface area (Å²) in [6.45, 7) is 1.82. The molecular formula is C12H15F3N2O. The predicted molar refractivity (Wildman–Crippen MR) is 61.4 cm³/mol. The smallest absolute Gasteiger partial charge is 0.381 e. The van der Waals surface area contributed by atoms with E-state index in [1.54, 1.807) is 11.9 Å². The number of nitrogens with zero attached hydrogens (tertiary/aromatic N) is 2. The second kappa shape index (κ2) is 5.14. The fraction of sp³-hybridized carbons (Fsp3) is 0.583. The van der Waals surface area contributed by atoms with E-state index in [2.05, 4.69) is 4.98 Å². The van der Waals surface area contributed by atoms with Crippen molar-refractivity contribution in [2.45, 2.75) is 12.6 Å². The van der Waals surface area contributed by atoms with Crippen LogP contribution >= 0.6 is 0 Å². The van der Waals surface area contributed by atoms with Gasteiger partial charge in [0.1, 0.15) is 5.82 Å². The Morgan fingerprint density at radius 3 is 2.89 bits per heavy atom. The second-order valence-electron chi connectivity index (χ2n) is 4.48. The van der Waals surface area contributed by atoms with Crippen molar-refractivity contribution in [3.8, 4) is 0 Å². The van der Waals surface area contributed by atoms with E-state index < -0.39 is 11.7 Å². The Hall–Kier alpha value is -1.30. The summed E-state index contributed by atoms with van der Waals surface area (Å²) in [6, 6.07) is 2.36. The van der Waals surface area contributed by atoms with E-state index >= 15 is 0 Å². The molecule has 0 bridgehead atoms. The third-order valence-corrected chi connectivity index (χ3v) is 3.01. The zero-order valence-corrected chi connectivity index (χ0v) is 10.1. The van der Waals surface area contributed by atoms with Gasteiger partial charge in [-0.2, -0.15) is 13.2 Å². The van der Waals surface area contributed by atoms with Crippen molar-refractivity contribution in [3.63, 3.8) is 0 Å². The van der Waals surface area contributed by atoms with Crippen LogP contribution in [0.4, 0.5) is 19.0 Å². The molecular weight excluding hydrogens is 245 g/mol. The molecule has 100 valence electrons. The average molecular weight is 260 g/mol. The number of rotatable bonds is 3. The Kier molecular flexibility index (Phi) is 3.75. The number of hydrogen-bond donors (Lipinski definition) is 0. The van der Waals surface area contributed by atoms with E-state index in [0.29, 0.717) is 19.8 Å². The highest BCUT2D eigenvalue weighted by molar-refractivity contribution is 5.47. The third kappa shape index (κ3) is 2.93. The number of pyridine rings is 1. The maximum absolute atomic E-state index is 12.8. The normalized spacial score (nSPS) is 20.1. The fourth-order valence-corrected chi connectivity index (χ4v) is 2.12. The summed E-state index contributed by atoms with van der Waals surface area (Å²) in [5, 5.41) is 0. The summed E-state index contributed by atoms with van der Waals surface area (Å²) in [6.07, 6.45) is -2.10. The van der Waals surface area contributed by atoms with Crippen molar-refractivity contribution in [2.75, 3.05) is 31.7 Å². The summed E-state index contributed by atoms with van der Waals surface area (Å²) in [4.78, 5) is 5.41. The molecule has 3 nitrogen and oxygen atoms in total. The van der Waals surface area contributed by atoms with Crippen LogP contribution in [0, 0.1) is 5.92 Å². The molecule has 2 heterocycles. The number of aromatic nitrogens is 1. The highest BCUT2D eigenvalue weighted by Gasteiger charge is 2.35. The zero-order chi connectivity index (χ0) is 13.2. The highest BCUT2D eigenvalue weighted by Crippen LogP contribution is 2.35. The van der Waals surface area contributed by atoms with Gasteiger partial charge in [0.15, 0.2) is 0 Å². The second-order valence-corrected chi connectivity index (χ2v) is 4.48. The lowest BCUT2D eigenvalue weighted by atomic mass is 10.1. The first-order chi connectivity index (χ1) is 8.48. The van der Waals surface area contributed by atoms with Gasteiger partial charge in [0.2, 0.25) is 0 Å².